The van der Waals surface area contributed by atoms with Gasteiger partial charge in [-0.05, 0) is 28.3 Å². The molecule has 0 radical (unpaired) electrons. The van der Waals surface area contributed by atoms with Gasteiger partial charge in [0.25, 0.3) is 0 Å². The Morgan fingerprint density at radius 1 is 1.38 bits per heavy atom. The van der Waals surface area contributed by atoms with Crippen LogP contribution in [0.25, 0.3) is 0 Å². The van der Waals surface area contributed by atoms with Crippen molar-refractivity contribution in [3.63, 3.8) is 0 Å². The van der Waals surface area contributed by atoms with E-state index < -0.39 is 0 Å². The Bertz CT molecular complexity index is 466. The molecule has 1 aromatic carbocycles. The van der Waals surface area contributed by atoms with Crippen LogP contribution in [0.15, 0.2) is 30.3 Å². The quantitative estimate of drug-likeness (QED) is 0.785. The fourth-order valence-electron chi connectivity index (χ4n) is 2.38. The average Bonchev–Trinajstić information content (AvgIpc) is 2.84. The molecule has 1 aromatic heterocycles. The molecule has 0 amide bonds. The van der Waals surface area contributed by atoms with Gasteiger partial charge in [0.05, 0.1) is 5.41 Å². The van der Waals surface area contributed by atoms with Gasteiger partial charge in [-0.2, -0.15) is 0 Å². The van der Waals surface area contributed by atoms with Gasteiger partial charge < -0.3 is 5.73 Å². The average molecular weight is 215 g/mol. The molecule has 1 aliphatic carbocycles. The second kappa shape index (κ2) is 3.38. The molecule has 5 heteroatoms. The van der Waals surface area contributed by atoms with E-state index in [-0.39, 0.29) is 5.41 Å². The van der Waals surface area contributed by atoms with E-state index in [4.69, 9.17) is 5.73 Å². The maximum absolute atomic E-state index is 5.87. The van der Waals surface area contributed by atoms with Crippen molar-refractivity contribution in [2.45, 2.75) is 17.8 Å². The highest BCUT2D eigenvalue weighted by molar-refractivity contribution is 5.37. The number of benzene rings is 1. The molecule has 1 saturated carbocycles. The molecular weight excluding hydrogens is 202 g/mol. The van der Waals surface area contributed by atoms with Crippen molar-refractivity contribution in [1.29, 1.82) is 0 Å². The molecule has 1 aliphatic rings. The normalized spacial score (nSPS) is 27.9. The van der Waals surface area contributed by atoms with Gasteiger partial charge >= 0.3 is 0 Å². The number of nitrogens with two attached hydrogens (primary N) is 1. The molecular formula is C11H13N5. The molecule has 2 atom stereocenters. The lowest BCUT2D eigenvalue weighted by Crippen LogP contribution is -2.23. The minimum Gasteiger partial charge on any atom is -0.329 e. The first-order valence-corrected chi connectivity index (χ1v) is 5.36. The topological polar surface area (TPSA) is 80.5 Å². The number of nitrogens with one attached hydrogen (secondary N) is 1. The predicted molar refractivity (Wildman–Crippen MR) is 58.7 cm³/mol. The maximum atomic E-state index is 5.87. The fourth-order valence-corrected chi connectivity index (χ4v) is 2.38. The highest BCUT2D eigenvalue weighted by atomic mass is 15.5. The van der Waals surface area contributed by atoms with Crippen LogP contribution in [0.5, 0.6) is 0 Å². The summed E-state index contributed by atoms with van der Waals surface area (Å²) in [7, 11) is 0. The summed E-state index contributed by atoms with van der Waals surface area (Å²) in [5.74, 6) is 1.25. The van der Waals surface area contributed by atoms with Crippen molar-refractivity contribution in [2.24, 2.45) is 5.73 Å². The maximum Gasteiger partial charge on any atom is 0.156 e. The minimum atomic E-state index is -0.0785. The lowest BCUT2D eigenvalue weighted by Gasteiger charge is -2.10. The van der Waals surface area contributed by atoms with E-state index in [2.05, 4.69) is 32.8 Å². The van der Waals surface area contributed by atoms with Crippen LogP contribution in [-0.2, 0) is 5.41 Å². The fraction of sp³-hybridized carbons (Fsp3) is 0.364. The minimum absolute atomic E-state index is 0.0785. The van der Waals surface area contributed by atoms with Gasteiger partial charge in [0.1, 0.15) is 0 Å². The summed E-state index contributed by atoms with van der Waals surface area (Å²) in [6, 6.07) is 10.4. The van der Waals surface area contributed by atoms with E-state index in [1.54, 1.807) is 0 Å². The molecule has 82 valence electrons. The Morgan fingerprint density at radius 3 is 2.81 bits per heavy atom. The van der Waals surface area contributed by atoms with Gasteiger partial charge in [0, 0.05) is 6.54 Å². The van der Waals surface area contributed by atoms with Crippen molar-refractivity contribution >= 4 is 0 Å². The number of aromatic amines is 1. The molecule has 0 spiro atoms. The zero-order valence-electron chi connectivity index (χ0n) is 8.80. The Hall–Kier alpha value is -1.75. The number of nitrogens with zero attached hydrogens (tertiary/aromatic N) is 3. The molecule has 2 aromatic rings. The Kier molecular flexibility index (Phi) is 2.00. The van der Waals surface area contributed by atoms with E-state index in [0.717, 1.165) is 12.2 Å². The summed E-state index contributed by atoms with van der Waals surface area (Å²) in [4.78, 5) is 0. The van der Waals surface area contributed by atoms with Crippen LogP contribution in [0.1, 0.15) is 23.7 Å². The Labute approximate surface area is 93.1 Å². The van der Waals surface area contributed by atoms with Crippen LogP contribution in [0.3, 0.4) is 0 Å². The van der Waals surface area contributed by atoms with Gasteiger partial charge in [-0.15, -0.1) is 5.10 Å². The third-order valence-electron chi connectivity index (χ3n) is 3.46. The SMILES string of the molecule is NCC1(c2nnn[nH]2)CC1c1ccccc1. The summed E-state index contributed by atoms with van der Waals surface area (Å²) < 4.78 is 0. The number of rotatable bonds is 3. The molecule has 0 aliphatic heterocycles. The molecule has 1 fully saturated rings. The molecule has 0 bridgehead atoms. The van der Waals surface area contributed by atoms with Gasteiger partial charge in [-0.25, -0.2) is 5.10 Å². The first-order valence-electron chi connectivity index (χ1n) is 5.36. The zero-order chi connectivity index (χ0) is 11.0. The lowest BCUT2D eigenvalue weighted by atomic mass is 9.98. The van der Waals surface area contributed by atoms with E-state index in [0.29, 0.717) is 12.5 Å². The van der Waals surface area contributed by atoms with Crippen molar-refractivity contribution < 1.29 is 0 Å². The van der Waals surface area contributed by atoms with Crippen LogP contribution in [0, 0.1) is 0 Å². The standard InChI is InChI=1S/C11H13N5/c12-7-11(10-13-15-16-14-10)6-9(11)8-4-2-1-3-5-8/h1-5,9H,6-7,12H2,(H,13,14,15,16). The largest absolute Gasteiger partial charge is 0.329 e. The summed E-state index contributed by atoms with van der Waals surface area (Å²) in [5, 5.41) is 14.1. The summed E-state index contributed by atoms with van der Waals surface area (Å²) in [6.07, 6.45) is 1.02. The number of H-pyrrole nitrogens is 1. The second-order valence-electron chi connectivity index (χ2n) is 4.28. The molecule has 1 heterocycles. The zero-order valence-corrected chi connectivity index (χ0v) is 8.80. The summed E-state index contributed by atoms with van der Waals surface area (Å²) in [6.45, 7) is 0.573. The van der Waals surface area contributed by atoms with Crippen molar-refractivity contribution in [3.8, 4) is 0 Å². The summed E-state index contributed by atoms with van der Waals surface area (Å²) >= 11 is 0. The first kappa shape index (κ1) is 9.47. The molecule has 16 heavy (non-hydrogen) atoms. The van der Waals surface area contributed by atoms with Gasteiger partial charge in [0.2, 0.25) is 0 Å². The van der Waals surface area contributed by atoms with E-state index in [9.17, 15) is 0 Å². The van der Waals surface area contributed by atoms with Crippen LogP contribution in [0.4, 0.5) is 0 Å². The number of aromatic nitrogens is 4. The van der Waals surface area contributed by atoms with Gasteiger partial charge in [-0.3, -0.25) is 0 Å². The van der Waals surface area contributed by atoms with Gasteiger partial charge in [-0.1, -0.05) is 30.3 Å². The van der Waals surface area contributed by atoms with Crippen LogP contribution in [0.2, 0.25) is 0 Å². The molecule has 5 nitrogen and oxygen atoms in total. The van der Waals surface area contributed by atoms with Crippen LogP contribution >= 0.6 is 0 Å². The number of hydrogen-bond donors (Lipinski definition) is 2. The first-order chi connectivity index (χ1) is 7.87. The molecule has 3 N–H and O–H groups in total. The third-order valence-corrected chi connectivity index (χ3v) is 3.46. The second-order valence-corrected chi connectivity index (χ2v) is 4.28. The Balaban J connectivity index is 1.93. The third kappa shape index (κ3) is 1.25. The predicted octanol–water partition coefficient (Wildman–Crippen LogP) is 0.584. The van der Waals surface area contributed by atoms with E-state index >= 15 is 0 Å². The van der Waals surface area contributed by atoms with E-state index in [1.807, 2.05) is 18.2 Å². The molecule has 2 unspecified atom stereocenters. The van der Waals surface area contributed by atoms with Gasteiger partial charge in [0.15, 0.2) is 5.82 Å². The molecule has 3 rings (SSSR count). The smallest absolute Gasteiger partial charge is 0.156 e. The summed E-state index contributed by atoms with van der Waals surface area (Å²) in [5.41, 5.74) is 7.10. The number of tetrazole rings is 1. The van der Waals surface area contributed by atoms with Crippen LogP contribution < -0.4 is 5.73 Å². The van der Waals surface area contributed by atoms with Crippen LogP contribution in [-0.4, -0.2) is 27.2 Å². The Morgan fingerprint density at radius 2 is 2.19 bits per heavy atom. The van der Waals surface area contributed by atoms with Crippen molar-refractivity contribution in [2.75, 3.05) is 6.54 Å². The van der Waals surface area contributed by atoms with Crippen molar-refractivity contribution in [1.82, 2.24) is 20.6 Å². The van der Waals surface area contributed by atoms with Crippen molar-refractivity contribution in [3.05, 3.63) is 41.7 Å². The highest BCUT2D eigenvalue weighted by Crippen LogP contribution is 2.58. The van der Waals surface area contributed by atoms with E-state index in [1.165, 1.54) is 5.56 Å². The lowest BCUT2D eigenvalue weighted by molar-refractivity contribution is 0.627. The monoisotopic (exact) mass is 215 g/mol. The highest BCUT2D eigenvalue weighted by Gasteiger charge is 2.57. The number of hydrogen-bond acceptors (Lipinski definition) is 4. The molecule has 0 saturated heterocycles.